The zero-order chi connectivity index (χ0) is 35.8. The molecule has 1 saturated heterocycles. The summed E-state index contributed by atoms with van der Waals surface area (Å²) in [7, 11) is 2.86. The quantitative estimate of drug-likeness (QED) is 0.0826. The second-order valence-corrected chi connectivity index (χ2v) is 12.0. The van der Waals surface area contributed by atoms with E-state index < -0.39 is 54.1 Å². The van der Waals surface area contributed by atoms with Gasteiger partial charge >= 0.3 is 0 Å². The van der Waals surface area contributed by atoms with Crippen LogP contribution in [0, 0.1) is 6.92 Å². The van der Waals surface area contributed by atoms with Crippen LogP contribution >= 0.6 is 0 Å². The van der Waals surface area contributed by atoms with Gasteiger partial charge < -0.3 is 56.5 Å². The van der Waals surface area contributed by atoms with Crippen LogP contribution in [-0.4, -0.2) is 99.0 Å². The number of carbonyl (C=O) groups excluding carboxylic acids is 2. The van der Waals surface area contributed by atoms with Gasteiger partial charge in [-0.1, -0.05) is 6.92 Å². The number of carbonyl (C=O) groups is 2. The first-order chi connectivity index (χ1) is 23.3. The number of phenolic OH excluding ortho intramolecular Hbond substituents is 1. The lowest BCUT2D eigenvalue weighted by Crippen LogP contribution is -2.68. The Morgan fingerprint density at radius 1 is 1.12 bits per heavy atom. The highest BCUT2D eigenvalue weighted by atomic mass is 16.7. The molecule has 0 bridgehead atoms. The minimum atomic E-state index is -2.13. The first-order valence-corrected chi connectivity index (χ1v) is 15.7. The normalized spacial score (nSPS) is 23.6. The number of ketones is 2. The summed E-state index contributed by atoms with van der Waals surface area (Å²) in [5.74, 6) is -1.43. The van der Waals surface area contributed by atoms with Crippen molar-refractivity contribution in [1.29, 1.82) is 0 Å². The number of aromatic hydroxyl groups is 1. The fourth-order valence-electron chi connectivity index (χ4n) is 6.49. The fourth-order valence-corrected chi connectivity index (χ4v) is 6.49. The molecule has 0 spiro atoms. The Morgan fingerprint density at radius 3 is 2.49 bits per heavy atom. The number of fused-ring (bicyclic) bond motifs is 2. The predicted molar refractivity (Wildman–Crippen MR) is 177 cm³/mol. The molecule has 262 valence electrons. The van der Waals surface area contributed by atoms with Gasteiger partial charge in [0.2, 0.25) is 12.1 Å². The van der Waals surface area contributed by atoms with E-state index in [0.29, 0.717) is 22.3 Å². The maximum Gasteiger partial charge on any atom is 0.229 e. The van der Waals surface area contributed by atoms with Gasteiger partial charge in [-0.15, -0.1) is 0 Å². The summed E-state index contributed by atoms with van der Waals surface area (Å²) in [6.45, 7) is 2.70. The summed E-state index contributed by atoms with van der Waals surface area (Å²) in [4.78, 5) is 36.2. The van der Waals surface area contributed by atoms with Gasteiger partial charge in [0.05, 0.1) is 24.8 Å². The van der Waals surface area contributed by atoms with Crippen molar-refractivity contribution < 1.29 is 49.3 Å². The van der Waals surface area contributed by atoms with Crippen LogP contribution in [0.25, 0.3) is 0 Å². The van der Waals surface area contributed by atoms with E-state index in [-0.39, 0.29) is 71.3 Å². The number of nitrogen functional groups attached to an aromatic ring is 1. The summed E-state index contributed by atoms with van der Waals surface area (Å²) in [5, 5.41) is 58.4. The Kier molecular flexibility index (Phi) is 10.1. The van der Waals surface area contributed by atoms with Crippen molar-refractivity contribution in [2.24, 2.45) is 10.7 Å². The Labute approximate surface area is 282 Å². The summed E-state index contributed by atoms with van der Waals surface area (Å²) >= 11 is 0. The number of nitrogens with two attached hydrogens (primary N) is 2. The number of benzene rings is 2. The molecule has 5 rings (SSSR count). The number of guanidine groups is 1. The van der Waals surface area contributed by atoms with Crippen LogP contribution in [0.1, 0.15) is 67.4 Å². The van der Waals surface area contributed by atoms with Crippen LogP contribution in [0.15, 0.2) is 35.5 Å². The molecule has 1 aliphatic carbocycles. The van der Waals surface area contributed by atoms with Crippen molar-refractivity contribution >= 4 is 23.3 Å². The van der Waals surface area contributed by atoms with Crippen molar-refractivity contribution in [3.8, 4) is 17.2 Å². The number of rotatable bonds is 10. The molecule has 0 amide bonds. The number of aliphatic hydroxyl groups is 4. The van der Waals surface area contributed by atoms with Gasteiger partial charge in [0.25, 0.3) is 0 Å². The van der Waals surface area contributed by atoms with Crippen molar-refractivity contribution in [1.82, 2.24) is 10.3 Å². The number of aromatic nitrogens is 1. The van der Waals surface area contributed by atoms with Crippen molar-refractivity contribution in [3.63, 3.8) is 0 Å². The van der Waals surface area contributed by atoms with Gasteiger partial charge in [0.15, 0.2) is 11.7 Å². The van der Waals surface area contributed by atoms with E-state index >= 15 is 0 Å². The number of methoxy groups -OCH3 is 1. The first kappa shape index (κ1) is 35.5. The second-order valence-electron chi connectivity index (χ2n) is 12.0. The van der Waals surface area contributed by atoms with Gasteiger partial charge in [0.1, 0.15) is 47.0 Å². The summed E-state index contributed by atoms with van der Waals surface area (Å²) < 4.78 is 17.5. The molecule has 1 aliphatic heterocycles. The zero-order valence-corrected chi connectivity index (χ0v) is 27.6. The van der Waals surface area contributed by atoms with Gasteiger partial charge in [-0.2, -0.15) is 0 Å². The minimum Gasteiger partial charge on any atom is -0.507 e. The van der Waals surface area contributed by atoms with Crippen LogP contribution in [0.3, 0.4) is 0 Å². The molecule has 49 heavy (non-hydrogen) atoms. The number of aryl methyl sites for hydroxylation is 2. The van der Waals surface area contributed by atoms with E-state index in [1.807, 2.05) is 0 Å². The number of pyridine rings is 1. The third kappa shape index (κ3) is 6.26. The number of phenols is 1. The average Bonchev–Trinajstić information content (AvgIpc) is 3.08. The summed E-state index contributed by atoms with van der Waals surface area (Å²) in [5.41, 5.74) is 10.8. The number of hydrogen-bond donors (Lipinski definition) is 8. The number of nitrogens with one attached hydrogen (secondary N) is 1. The van der Waals surface area contributed by atoms with E-state index in [1.165, 1.54) is 32.5 Å². The number of nitrogens with zero attached hydrogens (tertiary/aromatic N) is 2. The fraction of sp³-hybridized carbons (Fsp3) is 0.412. The third-order valence-corrected chi connectivity index (χ3v) is 9.21. The molecular formula is C34H41N5O10. The molecule has 2 heterocycles. The Morgan fingerprint density at radius 2 is 1.86 bits per heavy atom. The number of hydrogen-bond acceptors (Lipinski definition) is 13. The molecular weight excluding hydrogens is 638 g/mol. The zero-order valence-electron chi connectivity index (χ0n) is 27.6. The predicted octanol–water partition coefficient (Wildman–Crippen LogP) is 0.240. The SMILES string of the molecule is CCc1c(OC)cc(OC2OC(CO)C(O)(CCc3ccnc(N)c3)C(O)C2O)c2c1C(=O)c1cc(C)c(CNC(N)=NC)c(O)c1C2=O. The molecule has 1 fully saturated rings. The Balaban J connectivity index is 1.54. The highest BCUT2D eigenvalue weighted by Crippen LogP contribution is 2.45. The third-order valence-electron chi connectivity index (χ3n) is 9.21. The van der Waals surface area contributed by atoms with E-state index in [9.17, 15) is 35.1 Å². The van der Waals surface area contributed by atoms with Crippen molar-refractivity contribution in [3.05, 3.63) is 75.0 Å². The summed E-state index contributed by atoms with van der Waals surface area (Å²) in [6.07, 6.45) is -5.11. The molecule has 0 radical (unpaired) electrons. The largest absolute Gasteiger partial charge is 0.507 e. The molecule has 5 atom stereocenters. The van der Waals surface area contributed by atoms with E-state index in [4.69, 9.17) is 25.7 Å². The van der Waals surface area contributed by atoms with E-state index in [1.54, 1.807) is 26.0 Å². The lowest BCUT2D eigenvalue weighted by Gasteiger charge is -2.48. The molecule has 3 aromatic rings. The topological polar surface area (TPSA) is 252 Å². The lowest BCUT2D eigenvalue weighted by molar-refractivity contribution is -0.314. The second kappa shape index (κ2) is 14.0. The number of ether oxygens (including phenoxy) is 3. The number of anilines is 1. The highest BCUT2D eigenvalue weighted by molar-refractivity contribution is 6.31. The maximum atomic E-state index is 14.3. The first-order valence-electron chi connectivity index (χ1n) is 15.7. The molecule has 15 heteroatoms. The standard InChI is InChI=1S/C34H41N5O10/c1-5-17-20(47-4)12-21(26-24(17)27(41)18-10-15(2)19(13-39-33(36)37-3)28(42)25(18)29(26)43)48-32-30(44)31(45)34(46,22(14-40)49-32)8-6-16-7-9-38-23(35)11-16/h7,9-12,22,30-32,40,42,44-46H,5-6,8,13-14H2,1-4H3,(H2,35,38)(H3,36,37,39). The van der Waals surface area contributed by atoms with Crippen LogP contribution in [0.5, 0.6) is 17.2 Å². The monoisotopic (exact) mass is 679 g/mol. The van der Waals surface area contributed by atoms with E-state index in [2.05, 4.69) is 15.3 Å². The van der Waals surface area contributed by atoms with Crippen LogP contribution in [0.4, 0.5) is 5.82 Å². The Bertz CT molecular complexity index is 1810. The van der Waals surface area contributed by atoms with Gasteiger partial charge in [-0.3, -0.25) is 14.6 Å². The molecule has 0 saturated carbocycles. The van der Waals surface area contributed by atoms with Gasteiger partial charge in [0, 0.05) is 48.1 Å². The molecule has 2 aromatic carbocycles. The molecule has 10 N–H and O–H groups in total. The maximum absolute atomic E-state index is 14.3. The van der Waals surface area contributed by atoms with Crippen LogP contribution < -0.4 is 26.3 Å². The molecule has 1 aromatic heterocycles. The van der Waals surface area contributed by atoms with E-state index in [0.717, 1.165) is 0 Å². The molecule has 5 unspecified atom stereocenters. The Hall–Kier alpha value is -4.80. The number of aliphatic imine (C=N–C) groups is 1. The van der Waals surface area contributed by atoms with Crippen LogP contribution in [-0.2, 0) is 24.1 Å². The molecule has 15 nitrogen and oxygen atoms in total. The average molecular weight is 680 g/mol. The minimum absolute atomic E-state index is 0.00856. The van der Waals surface area contributed by atoms with Crippen molar-refractivity contribution in [2.75, 3.05) is 26.5 Å². The summed E-state index contributed by atoms with van der Waals surface area (Å²) in [6, 6.07) is 6.14. The molecule has 2 aliphatic rings. The highest BCUT2D eigenvalue weighted by Gasteiger charge is 2.55. The van der Waals surface area contributed by atoms with Gasteiger partial charge in [-0.05, 0) is 55.5 Å². The smallest absolute Gasteiger partial charge is 0.229 e. The van der Waals surface area contributed by atoms with Gasteiger partial charge in [-0.25, -0.2) is 4.98 Å². The van der Waals surface area contributed by atoms with Crippen molar-refractivity contribution in [2.45, 2.75) is 69.9 Å². The van der Waals surface area contributed by atoms with Crippen LogP contribution in [0.2, 0.25) is 0 Å². The number of aliphatic hydroxyl groups excluding tert-OH is 3. The lowest BCUT2D eigenvalue weighted by atomic mass is 9.78.